The van der Waals surface area contributed by atoms with E-state index < -0.39 is 9.84 Å². The van der Waals surface area contributed by atoms with Crippen LogP contribution in [0.1, 0.15) is 0 Å². The normalized spacial score (nSPS) is 11.5. The van der Waals surface area contributed by atoms with Gasteiger partial charge in [-0.15, -0.1) is 10.2 Å². The Kier molecular flexibility index (Phi) is 2.54. The van der Waals surface area contributed by atoms with Crippen LogP contribution < -0.4 is 0 Å². The van der Waals surface area contributed by atoms with Crippen molar-refractivity contribution in [1.29, 1.82) is 0 Å². The predicted molar refractivity (Wildman–Crippen MR) is 58.5 cm³/mol. The van der Waals surface area contributed by atoms with Gasteiger partial charge in [-0.05, 0) is 12.1 Å². The van der Waals surface area contributed by atoms with Gasteiger partial charge in [0.15, 0.2) is 9.84 Å². The number of benzene rings is 1. The van der Waals surface area contributed by atoms with Crippen molar-refractivity contribution in [3.63, 3.8) is 0 Å². The van der Waals surface area contributed by atoms with E-state index in [1.165, 1.54) is 17.6 Å². The summed E-state index contributed by atoms with van der Waals surface area (Å²) in [6.45, 7) is 0. The van der Waals surface area contributed by atoms with Gasteiger partial charge in [0.2, 0.25) is 0 Å². The van der Waals surface area contributed by atoms with Gasteiger partial charge in [0, 0.05) is 11.8 Å². The second-order valence-corrected chi connectivity index (χ2v) is 5.89. The summed E-state index contributed by atoms with van der Waals surface area (Å²) < 4.78 is 22.6. The first-order valence-electron chi connectivity index (χ1n) is 4.14. The van der Waals surface area contributed by atoms with Gasteiger partial charge in [0.05, 0.1) is 4.90 Å². The van der Waals surface area contributed by atoms with Crippen molar-refractivity contribution in [2.24, 2.45) is 0 Å². The summed E-state index contributed by atoms with van der Waals surface area (Å²) in [6.07, 6.45) is 1.19. The molecular formula is C9H8N2O2S2. The van der Waals surface area contributed by atoms with E-state index in [0.717, 1.165) is 10.6 Å². The molecule has 78 valence electrons. The molecule has 0 unspecified atom stereocenters. The Balaban J connectivity index is 2.53. The molecule has 0 aliphatic heterocycles. The highest BCUT2D eigenvalue weighted by atomic mass is 32.2. The molecule has 0 fully saturated rings. The summed E-state index contributed by atoms with van der Waals surface area (Å²) in [5.41, 5.74) is 2.39. The van der Waals surface area contributed by atoms with E-state index in [9.17, 15) is 8.42 Å². The van der Waals surface area contributed by atoms with Crippen LogP contribution in [0.25, 0.3) is 10.6 Å². The number of rotatable bonds is 2. The minimum Gasteiger partial charge on any atom is -0.224 e. The Hall–Kier alpha value is -1.27. The molecule has 1 aromatic carbocycles. The number of aromatic nitrogens is 2. The van der Waals surface area contributed by atoms with E-state index in [4.69, 9.17) is 0 Å². The van der Waals surface area contributed by atoms with Crippen molar-refractivity contribution in [2.45, 2.75) is 4.90 Å². The standard InChI is InChI=1S/C9H8N2O2S2/c1-15(12,13)8-4-2-3-7(5-8)9-11-10-6-14-9/h2-6H,1H3. The summed E-state index contributed by atoms with van der Waals surface area (Å²) in [7, 11) is -3.16. The molecule has 0 amide bonds. The minimum absolute atomic E-state index is 0.301. The summed E-state index contributed by atoms with van der Waals surface area (Å²) in [5, 5.41) is 8.32. The van der Waals surface area contributed by atoms with Gasteiger partial charge >= 0.3 is 0 Å². The van der Waals surface area contributed by atoms with Gasteiger partial charge in [-0.25, -0.2) is 8.42 Å². The van der Waals surface area contributed by atoms with Gasteiger partial charge in [-0.2, -0.15) is 0 Å². The van der Waals surface area contributed by atoms with E-state index in [1.807, 2.05) is 6.07 Å². The number of sulfone groups is 1. The molecule has 1 heterocycles. The molecular weight excluding hydrogens is 232 g/mol. The monoisotopic (exact) mass is 240 g/mol. The third-order valence-electron chi connectivity index (χ3n) is 1.87. The van der Waals surface area contributed by atoms with Crippen LogP contribution in [-0.2, 0) is 9.84 Å². The summed E-state index contributed by atoms with van der Waals surface area (Å²) in [4.78, 5) is 0.301. The van der Waals surface area contributed by atoms with E-state index in [0.29, 0.717) is 4.90 Å². The molecule has 0 spiro atoms. The average Bonchev–Trinajstić information content (AvgIpc) is 2.69. The lowest BCUT2D eigenvalue weighted by Gasteiger charge is -1.99. The molecule has 6 heteroatoms. The summed E-state index contributed by atoms with van der Waals surface area (Å²) in [5.74, 6) is 0. The summed E-state index contributed by atoms with van der Waals surface area (Å²) >= 11 is 1.38. The van der Waals surface area contributed by atoms with Crippen molar-refractivity contribution in [3.05, 3.63) is 29.8 Å². The van der Waals surface area contributed by atoms with Gasteiger partial charge in [-0.3, -0.25) is 0 Å². The smallest absolute Gasteiger partial charge is 0.175 e. The molecule has 2 rings (SSSR count). The highest BCUT2D eigenvalue weighted by molar-refractivity contribution is 7.90. The zero-order chi connectivity index (χ0) is 10.9. The van der Waals surface area contributed by atoms with Gasteiger partial charge in [0.25, 0.3) is 0 Å². The van der Waals surface area contributed by atoms with Crippen LogP contribution in [0.3, 0.4) is 0 Å². The van der Waals surface area contributed by atoms with Crippen molar-refractivity contribution in [1.82, 2.24) is 10.2 Å². The molecule has 0 aliphatic carbocycles. The Morgan fingerprint density at radius 3 is 2.73 bits per heavy atom. The second-order valence-electron chi connectivity index (χ2n) is 3.04. The van der Waals surface area contributed by atoms with Crippen LogP contribution >= 0.6 is 11.3 Å². The maximum Gasteiger partial charge on any atom is 0.175 e. The molecule has 0 atom stereocenters. The summed E-state index contributed by atoms with van der Waals surface area (Å²) in [6, 6.07) is 6.69. The van der Waals surface area contributed by atoms with Gasteiger partial charge in [-0.1, -0.05) is 23.5 Å². The molecule has 0 radical (unpaired) electrons. The molecule has 2 aromatic rings. The number of hydrogen-bond donors (Lipinski definition) is 0. The minimum atomic E-state index is -3.16. The van der Waals surface area contributed by atoms with Gasteiger partial charge in [0.1, 0.15) is 10.5 Å². The fourth-order valence-corrected chi connectivity index (χ4v) is 2.38. The largest absolute Gasteiger partial charge is 0.224 e. The molecule has 0 saturated heterocycles. The van der Waals surface area contributed by atoms with E-state index in [-0.39, 0.29) is 0 Å². The van der Waals surface area contributed by atoms with Crippen LogP contribution in [0.5, 0.6) is 0 Å². The van der Waals surface area contributed by atoms with Crippen LogP contribution in [-0.4, -0.2) is 24.9 Å². The highest BCUT2D eigenvalue weighted by Gasteiger charge is 2.09. The van der Waals surface area contributed by atoms with E-state index in [1.54, 1.807) is 23.7 Å². The number of hydrogen-bond acceptors (Lipinski definition) is 5. The van der Waals surface area contributed by atoms with Crippen molar-refractivity contribution >= 4 is 21.2 Å². The molecule has 0 N–H and O–H groups in total. The van der Waals surface area contributed by atoms with Crippen molar-refractivity contribution in [2.75, 3.05) is 6.26 Å². The Morgan fingerprint density at radius 1 is 1.33 bits per heavy atom. The van der Waals surface area contributed by atoms with Crippen LogP contribution in [0.15, 0.2) is 34.7 Å². The van der Waals surface area contributed by atoms with Crippen LogP contribution in [0, 0.1) is 0 Å². The lowest BCUT2D eigenvalue weighted by molar-refractivity contribution is 0.602. The zero-order valence-electron chi connectivity index (χ0n) is 7.91. The quantitative estimate of drug-likeness (QED) is 0.800. The molecule has 0 aliphatic rings. The Bertz CT molecular complexity index is 562. The van der Waals surface area contributed by atoms with Crippen LogP contribution in [0.4, 0.5) is 0 Å². The third-order valence-corrected chi connectivity index (χ3v) is 3.72. The lowest BCUT2D eigenvalue weighted by Crippen LogP contribution is -1.96. The molecule has 0 saturated carbocycles. The van der Waals surface area contributed by atoms with E-state index >= 15 is 0 Å². The maximum atomic E-state index is 11.3. The van der Waals surface area contributed by atoms with E-state index in [2.05, 4.69) is 10.2 Å². The third kappa shape index (κ3) is 2.21. The van der Waals surface area contributed by atoms with Crippen molar-refractivity contribution in [3.8, 4) is 10.6 Å². The fraction of sp³-hybridized carbons (Fsp3) is 0.111. The van der Waals surface area contributed by atoms with Crippen molar-refractivity contribution < 1.29 is 8.42 Å². The Labute approximate surface area is 91.5 Å². The number of nitrogens with zero attached hydrogens (tertiary/aromatic N) is 2. The molecule has 1 aromatic heterocycles. The highest BCUT2D eigenvalue weighted by Crippen LogP contribution is 2.23. The molecule has 0 bridgehead atoms. The topological polar surface area (TPSA) is 59.9 Å². The predicted octanol–water partition coefficient (Wildman–Crippen LogP) is 1.61. The fourth-order valence-electron chi connectivity index (χ4n) is 1.16. The first-order valence-corrected chi connectivity index (χ1v) is 6.91. The second kappa shape index (κ2) is 3.71. The first-order chi connectivity index (χ1) is 7.07. The van der Waals surface area contributed by atoms with Gasteiger partial charge < -0.3 is 0 Å². The Morgan fingerprint density at radius 2 is 2.13 bits per heavy atom. The maximum absolute atomic E-state index is 11.3. The lowest BCUT2D eigenvalue weighted by atomic mass is 10.2. The average molecular weight is 240 g/mol. The first kappa shape index (κ1) is 10.3. The zero-order valence-corrected chi connectivity index (χ0v) is 9.55. The molecule has 15 heavy (non-hydrogen) atoms. The molecule has 4 nitrogen and oxygen atoms in total. The van der Waals surface area contributed by atoms with Crippen LogP contribution in [0.2, 0.25) is 0 Å². The SMILES string of the molecule is CS(=O)(=O)c1cccc(-c2nncs2)c1.